The number of hydrogen-bond acceptors (Lipinski definition) is 3. The number of ether oxygens (including phenoxy) is 1. The summed E-state index contributed by atoms with van der Waals surface area (Å²) >= 11 is 0. The summed E-state index contributed by atoms with van der Waals surface area (Å²) in [6, 6.07) is 20.4. The van der Waals surface area contributed by atoms with Crippen LogP contribution >= 0.6 is 0 Å². The van der Waals surface area contributed by atoms with Gasteiger partial charge in [-0.25, -0.2) is 0 Å². The van der Waals surface area contributed by atoms with E-state index >= 15 is 0 Å². The van der Waals surface area contributed by atoms with Crippen LogP contribution in [-0.4, -0.2) is 48.0 Å². The molecular formula is C23H30N2O2. The van der Waals surface area contributed by atoms with Gasteiger partial charge in [-0.3, -0.25) is 9.69 Å². The molecule has 4 nitrogen and oxygen atoms in total. The van der Waals surface area contributed by atoms with E-state index in [9.17, 15) is 4.79 Å². The van der Waals surface area contributed by atoms with Gasteiger partial charge in [0.1, 0.15) is 12.4 Å². The Kier molecular flexibility index (Phi) is 6.88. The fourth-order valence-electron chi connectivity index (χ4n) is 3.57. The number of para-hydroxylation sites is 1. The highest BCUT2D eigenvalue weighted by molar-refractivity contribution is 5.77. The maximum Gasteiger partial charge on any atom is 0.224 e. The van der Waals surface area contributed by atoms with Crippen molar-refractivity contribution in [2.24, 2.45) is 5.92 Å². The molecule has 1 amide bonds. The lowest BCUT2D eigenvalue weighted by atomic mass is 10.0. The van der Waals surface area contributed by atoms with Crippen LogP contribution in [0.4, 0.5) is 0 Å². The maximum atomic E-state index is 12.8. The summed E-state index contributed by atoms with van der Waals surface area (Å²) in [5.41, 5.74) is 1.30. The van der Waals surface area contributed by atoms with E-state index in [0.717, 1.165) is 31.9 Å². The van der Waals surface area contributed by atoms with Crippen LogP contribution < -0.4 is 4.74 Å². The second-order valence-electron chi connectivity index (χ2n) is 7.53. The van der Waals surface area contributed by atoms with E-state index in [1.807, 2.05) is 41.3 Å². The lowest BCUT2D eigenvalue weighted by Crippen LogP contribution is -2.47. The molecule has 0 unspecified atom stereocenters. The fourth-order valence-corrected chi connectivity index (χ4v) is 3.57. The highest BCUT2D eigenvalue weighted by Crippen LogP contribution is 2.18. The zero-order valence-electron chi connectivity index (χ0n) is 16.4. The largest absolute Gasteiger partial charge is 0.491 e. The van der Waals surface area contributed by atoms with Gasteiger partial charge in [0.2, 0.25) is 5.91 Å². The first-order chi connectivity index (χ1) is 13.1. The van der Waals surface area contributed by atoms with E-state index in [-0.39, 0.29) is 11.9 Å². The third-order valence-electron chi connectivity index (χ3n) is 5.20. The Labute approximate surface area is 162 Å². The van der Waals surface area contributed by atoms with Gasteiger partial charge in [-0.1, -0.05) is 62.4 Å². The van der Waals surface area contributed by atoms with Gasteiger partial charge in [0, 0.05) is 32.6 Å². The van der Waals surface area contributed by atoms with Gasteiger partial charge in [-0.05, 0) is 23.6 Å². The van der Waals surface area contributed by atoms with Gasteiger partial charge in [-0.2, -0.15) is 0 Å². The van der Waals surface area contributed by atoms with E-state index in [1.54, 1.807) is 0 Å². The Morgan fingerprint density at radius 1 is 0.926 bits per heavy atom. The maximum absolute atomic E-state index is 12.8. The summed E-state index contributed by atoms with van der Waals surface area (Å²) in [4.78, 5) is 17.2. The minimum atomic E-state index is 0.0920. The molecule has 0 spiro atoms. The predicted molar refractivity (Wildman–Crippen MR) is 109 cm³/mol. The fraction of sp³-hybridized carbons (Fsp3) is 0.435. The summed E-state index contributed by atoms with van der Waals surface area (Å²) in [7, 11) is 0. The van der Waals surface area contributed by atoms with Gasteiger partial charge in [0.25, 0.3) is 0 Å². The molecule has 1 atom stereocenters. The molecule has 3 rings (SSSR count). The van der Waals surface area contributed by atoms with Crippen LogP contribution in [0.25, 0.3) is 0 Å². The molecule has 1 heterocycles. The van der Waals surface area contributed by atoms with E-state index in [0.29, 0.717) is 18.9 Å². The highest BCUT2D eigenvalue weighted by atomic mass is 16.5. The molecule has 0 N–H and O–H groups in total. The zero-order chi connectivity index (χ0) is 19.1. The third kappa shape index (κ3) is 5.57. The quantitative estimate of drug-likeness (QED) is 0.747. The Hall–Kier alpha value is -2.33. The number of carbonyl (C=O) groups excluding carboxylic acids is 1. The molecule has 0 aliphatic carbocycles. The molecule has 1 saturated heterocycles. The SMILES string of the molecule is CC(C)[C@@H](COc1ccccc1)N1CCN(Cc2ccccc2)CCC1=O. The van der Waals surface area contributed by atoms with Gasteiger partial charge in [-0.15, -0.1) is 0 Å². The van der Waals surface area contributed by atoms with E-state index < -0.39 is 0 Å². The first-order valence-electron chi connectivity index (χ1n) is 9.87. The predicted octanol–water partition coefficient (Wildman–Crippen LogP) is 3.82. The van der Waals surface area contributed by atoms with Crippen molar-refractivity contribution in [3.05, 3.63) is 66.2 Å². The molecule has 144 valence electrons. The number of hydrogen-bond donors (Lipinski definition) is 0. The van der Waals surface area contributed by atoms with Crippen LogP contribution in [0.15, 0.2) is 60.7 Å². The molecule has 1 aliphatic rings. The lowest BCUT2D eigenvalue weighted by Gasteiger charge is -2.33. The molecule has 27 heavy (non-hydrogen) atoms. The molecule has 0 aromatic heterocycles. The van der Waals surface area contributed by atoms with Gasteiger partial charge in [0.15, 0.2) is 0 Å². The smallest absolute Gasteiger partial charge is 0.224 e. The number of carbonyl (C=O) groups is 1. The molecule has 0 saturated carbocycles. The van der Waals surface area contributed by atoms with Crippen LogP contribution in [0.2, 0.25) is 0 Å². The molecule has 0 bridgehead atoms. The van der Waals surface area contributed by atoms with Crippen molar-refractivity contribution in [1.82, 2.24) is 9.80 Å². The zero-order valence-corrected chi connectivity index (χ0v) is 16.4. The van der Waals surface area contributed by atoms with Gasteiger partial charge in [0.05, 0.1) is 6.04 Å². The lowest BCUT2D eigenvalue weighted by molar-refractivity contribution is -0.134. The Bertz CT molecular complexity index is 703. The standard InChI is InChI=1S/C23H30N2O2/c1-19(2)22(18-27-21-11-7-4-8-12-21)25-16-15-24(14-13-23(25)26)17-20-9-5-3-6-10-20/h3-12,19,22H,13-18H2,1-2H3/t22-/m1/s1. The molecule has 4 heteroatoms. The topological polar surface area (TPSA) is 32.8 Å². The van der Waals surface area contributed by atoms with Crippen LogP contribution in [0.3, 0.4) is 0 Å². The first-order valence-corrected chi connectivity index (χ1v) is 9.87. The van der Waals surface area contributed by atoms with Crippen LogP contribution in [0, 0.1) is 5.92 Å². The van der Waals surface area contributed by atoms with Crippen molar-refractivity contribution in [3.63, 3.8) is 0 Å². The van der Waals surface area contributed by atoms with E-state index in [4.69, 9.17) is 4.74 Å². The second kappa shape index (κ2) is 9.56. The van der Waals surface area contributed by atoms with Crippen LogP contribution in [0.1, 0.15) is 25.8 Å². The number of nitrogens with zero attached hydrogens (tertiary/aromatic N) is 2. The second-order valence-corrected chi connectivity index (χ2v) is 7.53. The molecule has 1 fully saturated rings. The van der Waals surface area contributed by atoms with Gasteiger partial charge >= 0.3 is 0 Å². The molecule has 1 aliphatic heterocycles. The monoisotopic (exact) mass is 366 g/mol. The Balaban J connectivity index is 1.61. The van der Waals surface area contributed by atoms with Crippen LogP contribution in [0.5, 0.6) is 5.75 Å². The number of benzene rings is 2. The van der Waals surface area contributed by atoms with Crippen molar-refractivity contribution in [3.8, 4) is 5.75 Å². The number of rotatable bonds is 7. The summed E-state index contributed by atoms with van der Waals surface area (Å²) in [6.45, 7) is 8.23. The number of amides is 1. The molecule has 0 radical (unpaired) electrons. The minimum absolute atomic E-state index is 0.0920. The summed E-state index contributed by atoms with van der Waals surface area (Å²) in [5.74, 6) is 1.44. The van der Waals surface area contributed by atoms with Crippen molar-refractivity contribution in [2.45, 2.75) is 32.9 Å². The average molecular weight is 367 g/mol. The Morgan fingerprint density at radius 2 is 1.59 bits per heavy atom. The van der Waals surface area contributed by atoms with Crippen LogP contribution in [-0.2, 0) is 11.3 Å². The Morgan fingerprint density at radius 3 is 2.26 bits per heavy atom. The van der Waals surface area contributed by atoms with E-state index in [2.05, 4.69) is 43.0 Å². The normalized spacial score (nSPS) is 17.0. The van der Waals surface area contributed by atoms with Crippen molar-refractivity contribution >= 4 is 5.91 Å². The minimum Gasteiger partial charge on any atom is -0.491 e. The average Bonchev–Trinajstić information content (AvgIpc) is 2.86. The van der Waals surface area contributed by atoms with E-state index in [1.165, 1.54) is 5.56 Å². The van der Waals surface area contributed by atoms with Crippen molar-refractivity contribution < 1.29 is 9.53 Å². The first kappa shape index (κ1) is 19.4. The van der Waals surface area contributed by atoms with Crippen molar-refractivity contribution in [1.29, 1.82) is 0 Å². The van der Waals surface area contributed by atoms with Gasteiger partial charge < -0.3 is 9.64 Å². The highest BCUT2D eigenvalue weighted by Gasteiger charge is 2.29. The summed E-state index contributed by atoms with van der Waals surface area (Å²) in [5, 5.41) is 0. The van der Waals surface area contributed by atoms with Crippen molar-refractivity contribution in [2.75, 3.05) is 26.2 Å². The molecule has 2 aromatic rings. The summed E-state index contributed by atoms with van der Waals surface area (Å²) < 4.78 is 5.99. The summed E-state index contributed by atoms with van der Waals surface area (Å²) in [6.07, 6.45) is 0.571. The third-order valence-corrected chi connectivity index (χ3v) is 5.20. The molecular weight excluding hydrogens is 336 g/mol. The molecule has 2 aromatic carbocycles.